The molecule has 0 aromatic carbocycles. The van der Waals surface area contributed by atoms with Gasteiger partial charge in [-0.1, -0.05) is 11.4 Å². The van der Waals surface area contributed by atoms with Crippen molar-refractivity contribution in [1.29, 1.82) is 0 Å². The zero-order valence-electron chi connectivity index (χ0n) is 5.93. The highest BCUT2D eigenvalue weighted by atomic mass is 32.7. The monoisotopic (exact) mass is 199 g/mol. The first kappa shape index (κ1) is 11.0. The molecular formula is C4H10NO4PS. The van der Waals surface area contributed by atoms with Crippen LogP contribution >= 0.6 is 18.0 Å². The Morgan fingerprint density at radius 3 is 2.55 bits per heavy atom. The first-order valence-electron chi connectivity index (χ1n) is 2.76. The van der Waals surface area contributed by atoms with Crippen LogP contribution in [-0.4, -0.2) is 34.4 Å². The zero-order valence-corrected chi connectivity index (χ0v) is 7.64. The molecule has 0 aliphatic carbocycles. The summed E-state index contributed by atoms with van der Waals surface area (Å²) in [5.74, 6) is -1.20. The number of hydrogen-bond donors (Lipinski definition) is 3. The van der Waals surface area contributed by atoms with Crippen molar-refractivity contribution in [3.63, 3.8) is 0 Å². The summed E-state index contributed by atoms with van der Waals surface area (Å²) in [6.45, 7) is -2.04. The molecule has 66 valence electrons. The maximum Gasteiger partial charge on any atom is 0.321 e. The lowest BCUT2D eigenvalue weighted by molar-refractivity contribution is -0.137. The van der Waals surface area contributed by atoms with E-state index in [9.17, 15) is 9.36 Å². The maximum atomic E-state index is 10.6. The molecule has 0 aromatic heterocycles. The molecule has 0 saturated heterocycles. The molecule has 0 rings (SSSR count). The van der Waals surface area contributed by atoms with Gasteiger partial charge in [0.2, 0.25) is 0 Å². The van der Waals surface area contributed by atoms with E-state index in [0.717, 1.165) is 6.66 Å². The molecule has 4 N–H and O–H groups in total. The summed E-state index contributed by atoms with van der Waals surface area (Å²) in [7, 11) is 0. The maximum absolute atomic E-state index is 10.6. The van der Waals surface area contributed by atoms with Gasteiger partial charge in [0, 0.05) is 12.4 Å². The van der Waals surface area contributed by atoms with Crippen molar-refractivity contribution in [3.05, 3.63) is 0 Å². The largest absolute Gasteiger partial charge is 0.480 e. The van der Waals surface area contributed by atoms with E-state index in [-0.39, 0.29) is 5.75 Å². The van der Waals surface area contributed by atoms with Gasteiger partial charge < -0.3 is 15.7 Å². The van der Waals surface area contributed by atoms with Crippen molar-refractivity contribution < 1.29 is 19.4 Å². The molecule has 0 bridgehead atoms. The minimum Gasteiger partial charge on any atom is -0.480 e. The fourth-order valence-electron chi connectivity index (χ4n) is 0.290. The molecule has 0 fully saturated rings. The first-order valence-corrected chi connectivity index (χ1v) is 6.46. The Hall–Kier alpha value is -0.0300. The predicted octanol–water partition coefficient (Wildman–Crippen LogP) is -0.0533. The van der Waals surface area contributed by atoms with Gasteiger partial charge in [0.25, 0.3) is 6.57 Å². The average molecular weight is 199 g/mol. The third-order valence-electron chi connectivity index (χ3n) is 0.811. The molecular weight excluding hydrogens is 189 g/mol. The lowest BCUT2D eigenvalue weighted by Gasteiger charge is -2.06. The summed E-state index contributed by atoms with van der Waals surface area (Å²) in [6.07, 6.45) is 0. The highest BCUT2D eigenvalue weighted by molar-refractivity contribution is 8.56. The van der Waals surface area contributed by atoms with Gasteiger partial charge in [0.05, 0.1) is 0 Å². The van der Waals surface area contributed by atoms with Crippen LogP contribution in [0.25, 0.3) is 0 Å². The van der Waals surface area contributed by atoms with Gasteiger partial charge in [-0.2, -0.15) is 0 Å². The van der Waals surface area contributed by atoms with E-state index < -0.39 is 18.6 Å². The van der Waals surface area contributed by atoms with Gasteiger partial charge in [0.15, 0.2) is 0 Å². The first-order chi connectivity index (χ1) is 4.83. The van der Waals surface area contributed by atoms with Crippen LogP contribution in [0.5, 0.6) is 0 Å². The van der Waals surface area contributed by atoms with Crippen molar-refractivity contribution in [1.82, 2.24) is 0 Å². The zero-order chi connectivity index (χ0) is 9.07. The molecule has 0 spiro atoms. The number of carboxylic acid groups (broad SMARTS) is 1. The van der Waals surface area contributed by atoms with E-state index in [2.05, 4.69) is 0 Å². The molecule has 0 heterocycles. The molecule has 7 heteroatoms. The molecule has 0 amide bonds. The Labute approximate surface area is 68.2 Å². The van der Waals surface area contributed by atoms with Crippen LogP contribution in [0.3, 0.4) is 0 Å². The number of nitrogens with two attached hydrogens (primary N) is 1. The highest BCUT2D eigenvalue weighted by Crippen LogP contribution is 2.50. The quantitative estimate of drug-likeness (QED) is 0.548. The normalized spacial score (nSPS) is 18.8. The minimum atomic E-state index is -3.19. The summed E-state index contributed by atoms with van der Waals surface area (Å²) in [5.41, 5.74) is 5.07. The molecule has 5 nitrogen and oxygen atoms in total. The minimum absolute atomic E-state index is 0.0421. The van der Waals surface area contributed by atoms with E-state index in [0.29, 0.717) is 11.4 Å². The highest BCUT2D eigenvalue weighted by Gasteiger charge is 2.17. The van der Waals surface area contributed by atoms with Gasteiger partial charge in [-0.15, -0.1) is 0 Å². The Morgan fingerprint density at radius 1 is 1.82 bits per heavy atom. The van der Waals surface area contributed by atoms with Crippen molar-refractivity contribution in [2.75, 3.05) is 12.4 Å². The van der Waals surface area contributed by atoms with Crippen molar-refractivity contribution in [2.24, 2.45) is 5.73 Å². The second-order valence-electron chi connectivity index (χ2n) is 2.04. The van der Waals surface area contributed by atoms with E-state index in [4.69, 9.17) is 15.7 Å². The van der Waals surface area contributed by atoms with Crippen LogP contribution in [0.1, 0.15) is 0 Å². The van der Waals surface area contributed by atoms with Crippen LogP contribution in [0, 0.1) is 0 Å². The molecule has 0 aliphatic heterocycles. The van der Waals surface area contributed by atoms with Crippen LogP contribution < -0.4 is 5.73 Å². The summed E-state index contributed by atoms with van der Waals surface area (Å²) in [5, 5.41) is 8.27. The smallest absolute Gasteiger partial charge is 0.321 e. The van der Waals surface area contributed by atoms with Gasteiger partial charge >= 0.3 is 5.97 Å². The molecule has 0 saturated carbocycles. The van der Waals surface area contributed by atoms with Crippen molar-refractivity contribution >= 4 is 23.9 Å². The van der Waals surface area contributed by atoms with E-state index in [1.165, 1.54) is 0 Å². The van der Waals surface area contributed by atoms with Crippen LogP contribution in [0.4, 0.5) is 0 Å². The summed E-state index contributed by atoms with van der Waals surface area (Å²) in [4.78, 5) is 18.8. The lowest BCUT2D eigenvalue weighted by atomic mass is 10.4. The Kier molecular flexibility index (Phi) is 4.10. The molecule has 0 aliphatic rings. The summed E-state index contributed by atoms with van der Waals surface area (Å²) in [6, 6.07) is -1.07. The lowest BCUT2D eigenvalue weighted by Crippen LogP contribution is -2.32. The summed E-state index contributed by atoms with van der Waals surface area (Å²) >= 11 is 0.675. The number of carboxylic acids is 1. The molecule has 2 unspecified atom stereocenters. The molecule has 2 atom stereocenters. The third kappa shape index (κ3) is 6.37. The Morgan fingerprint density at radius 2 is 2.27 bits per heavy atom. The van der Waals surface area contributed by atoms with Gasteiger partial charge in [-0.05, 0) is 0 Å². The van der Waals surface area contributed by atoms with E-state index >= 15 is 0 Å². The number of hydrogen-bond acceptors (Lipinski definition) is 4. The van der Waals surface area contributed by atoms with E-state index in [1.54, 1.807) is 0 Å². The van der Waals surface area contributed by atoms with Crippen molar-refractivity contribution in [2.45, 2.75) is 6.04 Å². The number of rotatable bonds is 4. The second-order valence-corrected chi connectivity index (χ2v) is 7.05. The van der Waals surface area contributed by atoms with E-state index in [1.807, 2.05) is 0 Å². The standard InChI is InChI=1S/C4H10NO4PS/c1-10(8,9)11-2-3(5)4(6)7/h3H,2,5H2,1H3,(H,6,7)(H,8,9). The topological polar surface area (TPSA) is 101 Å². The molecule has 0 aromatic rings. The van der Waals surface area contributed by atoms with Crippen molar-refractivity contribution in [3.8, 4) is 0 Å². The van der Waals surface area contributed by atoms with Gasteiger partial charge in [-0.3, -0.25) is 9.36 Å². The average Bonchev–Trinajstić information content (AvgIpc) is 1.80. The molecule has 0 radical (unpaired) electrons. The number of aliphatic carboxylic acids is 1. The SMILES string of the molecule is CP(=O)(O)SCC(N)C(=O)O. The predicted molar refractivity (Wildman–Crippen MR) is 43.8 cm³/mol. The Balaban J connectivity index is 3.72. The van der Waals surface area contributed by atoms with Gasteiger partial charge in [-0.25, -0.2) is 0 Å². The molecule has 11 heavy (non-hydrogen) atoms. The second kappa shape index (κ2) is 4.11. The van der Waals surface area contributed by atoms with Crippen LogP contribution in [-0.2, 0) is 9.36 Å². The third-order valence-corrected chi connectivity index (χ3v) is 3.68. The Bertz CT molecular complexity index is 191. The van der Waals surface area contributed by atoms with Crippen LogP contribution in [0.2, 0.25) is 0 Å². The summed E-state index contributed by atoms with van der Waals surface area (Å²) < 4.78 is 10.6. The van der Waals surface area contributed by atoms with Crippen LogP contribution in [0.15, 0.2) is 0 Å². The van der Waals surface area contributed by atoms with Gasteiger partial charge in [0.1, 0.15) is 6.04 Å². The fraction of sp³-hybridized carbons (Fsp3) is 0.750. The fourth-order valence-corrected chi connectivity index (χ4v) is 2.18. The number of carbonyl (C=O) groups is 1.